The number of carbonyl (C=O) groups excluding carboxylic acids is 1. The molecule has 152 valence electrons. The summed E-state index contributed by atoms with van der Waals surface area (Å²) in [6.07, 6.45) is 4.12. The SMILES string of the molecule is O=C1[C@@H](Cc2ccc(OCc3ccc(Br)cc3)cc2)SC(=S)N1Cc1cccnc1. The van der Waals surface area contributed by atoms with E-state index in [2.05, 4.69) is 20.9 Å². The minimum Gasteiger partial charge on any atom is -0.489 e. The van der Waals surface area contributed by atoms with Gasteiger partial charge in [0.15, 0.2) is 0 Å². The molecule has 1 aromatic heterocycles. The Hall–Kier alpha value is -2.22. The number of amides is 1. The molecule has 0 aliphatic carbocycles. The van der Waals surface area contributed by atoms with Crippen molar-refractivity contribution in [3.8, 4) is 5.75 Å². The topological polar surface area (TPSA) is 42.4 Å². The van der Waals surface area contributed by atoms with Crippen LogP contribution in [0.1, 0.15) is 16.7 Å². The molecule has 1 aliphatic heterocycles. The predicted molar refractivity (Wildman–Crippen MR) is 127 cm³/mol. The van der Waals surface area contributed by atoms with E-state index in [1.54, 1.807) is 17.3 Å². The maximum atomic E-state index is 12.8. The van der Waals surface area contributed by atoms with Gasteiger partial charge in [-0.25, -0.2) is 0 Å². The van der Waals surface area contributed by atoms with Crippen LogP contribution < -0.4 is 4.74 Å². The van der Waals surface area contributed by atoms with Crippen molar-refractivity contribution >= 4 is 50.1 Å². The molecule has 1 saturated heterocycles. The van der Waals surface area contributed by atoms with Gasteiger partial charge in [0.25, 0.3) is 0 Å². The van der Waals surface area contributed by atoms with Crippen molar-refractivity contribution in [3.05, 3.63) is 94.2 Å². The molecule has 3 aromatic rings. The van der Waals surface area contributed by atoms with E-state index in [4.69, 9.17) is 17.0 Å². The summed E-state index contributed by atoms with van der Waals surface area (Å²) < 4.78 is 7.53. The molecule has 0 saturated carbocycles. The lowest BCUT2D eigenvalue weighted by molar-refractivity contribution is -0.126. The van der Waals surface area contributed by atoms with Crippen LogP contribution in [0, 0.1) is 0 Å². The van der Waals surface area contributed by atoms with Gasteiger partial charge < -0.3 is 4.74 Å². The number of halogens is 1. The number of nitrogens with zero attached hydrogens (tertiary/aromatic N) is 2. The summed E-state index contributed by atoms with van der Waals surface area (Å²) in [5.74, 6) is 0.866. The molecule has 1 aliphatic rings. The Morgan fingerprint density at radius 3 is 2.47 bits per heavy atom. The maximum absolute atomic E-state index is 12.8. The van der Waals surface area contributed by atoms with Gasteiger partial charge in [-0.1, -0.05) is 70.2 Å². The summed E-state index contributed by atoms with van der Waals surface area (Å²) in [6, 6.07) is 19.8. The molecular formula is C23H19BrN2O2S2. The van der Waals surface area contributed by atoms with Gasteiger partial charge in [0.05, 0.1) is 11.8 Å². The van der Waals surface area contributed by atoms with Crippen molar-refractivity contribution < 1.29 is 9.53 Å². The molecule has 2 aromatic carbocycles. The van der Waals surface area contributed by atoms with Gasteiger partial charge in [0.2, 0.25) is 5.91 Å². The van der Waals surface area contributed by atoms with E-state index in [9.17, 15) is 4.79 Å². The first-order valence-corrected chi connectivity index (χ1v) is 11.5. The first kappa shape index (κ1) is 21.0. The van der Waals surface area contributed by atoms with Crippen molar-refractivity contribution in [2.24, 2.45) is 0 Å². The number of rotatable bonds is 7. The molecule has 1 atom stereocenters. The normalized spacial score (nSPS) is 16.2. The Morgan fingerprint density at radius 1 is 1.03 bits per heavy atom. The quantitative estimate of drug-likeness (QED) is 0.408. The third-order valence-corrected chi connectivity index (χ3v) is 6.84. The van der Waals surface area contributed by atoms with E-state index >= 15 is 0 Å². The molecule has 0 radical (unpaired) electrons. The number of hydrogen-bond acceptors (Lipinski definition) is 5. The summed E-state index contributed by atoms with van der Waals surface area (Å²) in [5.41, 5.74) is 3.17. The van der Waals surface area contributed by atoms with Crippen molar-refractivity contribution in [1.82, 2.24) is 9.88 Å². The van der Waals surface area contributed by atoms with Crippen LogP contribution in [-0.2, 0) is 24.4 Å². The first-order valence-electron chi connectivity index (χ1n) is 9.45. The molecular weight excluding hydrogens is 480 g/mol. The van der Waals surface area contributed by atoms with E-state index in [1.165, 1.54) is 11.8 Å². The van der Waals surface area contributed by atoms with Crippen molar-refractivity contribution in [3.63, 3.8) is 0 Å². The summed E-state index contributed by atoms with van der Waals surface area (Å²) in [4.78, 5) is 18.6. The van der Waals surface area contributed by atoms with Crippen LogP contribution in [0.3, 0.4) is 0 Å². The molecule has 0 unspecified atom stereocenters. The number of aromatic nitrogens is 1. The van der Waals surface area contributed by atoms with E-state index in [1.807, 2.05) is 60.7 Å². The fraction of sp³-hybridized carbons (Fsp3) is 0.174. The Bertz CT molecular complexity index is 1030. The molecule has 0 spiro atoms. The van der Waals surface area contributed by atoms with Crippen LogP contribution >= 0.6 is 39.9 Å². The predicted octanol–water partition coefficient (Wildman–Crippen LogP) is 5.39. The van der Waals surface area contributed by atoms with Gasteiger partial charge in [-0.3, -0.25) is 14.7 Å². The van der Waals surface area contributed by atoms with Crippen LogP contribution in [0.2, 0.25) is 0 Å². The van der Waals surface area contributed by atoms with Gasteiger partial charge in [-0.15, -0.1) is 0 Å². The van der Waals surface area contributed by atoms with E-state index in [0.717, 1.165) is 26.9 Å². The number of ether oxygens (including phenoxy) is 1. The summed E-state index contributed by atoms with van der Waals surface area (Å²) in [7, 11) is 0. The highest BCUT2D eigenvalue weighted by molar-refractivity contribution is 9.10. The average molecular weight is 499 g/mol. The third kappa shape index (κ3) is 5.28. The van der Waals surface area contributed by atoms with Crippen LogP contribution in [0.4, 0.5) is 0 Å². The van der Waals surface area contributed by atoms with Gasteiger partial charge >= 0.3 is 0 Å². The standard InChI is InChI=1S/C23H19BrN2O2S2/c24-19-7-3-17(4-8-19)15-28-20-9-5-16(6-10-20)12-21-22(27)26(23(29)30-21)14-18-2-1-11-25-13-18/h1-11,13,21H,12,14-15H2/t21-/m1/s1. The number of benzene rings is 2. The number of thiocarbonyl (C=S) groups is 1. The largest absolute Gasteiger partial charge is 0.489 e. The molecule has 1 amide bonds. The summed E-state index contributed by atoms with van der Waals surface area (Å²) >= 11 is 10.3. The number of thioether (sulfide) groups is 1. The van der Waals surface area contributed by atoms with Crippen LogP contribution in [-0.4, -0.2) is 25.4 Å². The Labute approximate surface area is 193 Å². The smallest absolute Gasteiger partial charge is 0.242 e. The Balaban J connectivity index is 1.33. The first-order chi connectivity index (χ1) is 14.6. The highest BCUT2D eigenvalue weighted by atomic mass is 79.9. The fourth-order valence-corrected chi connectivity index (χ4v) is 4.92. The zero-order valence-corrected chi connectivity index (χ0v) is 19.3. The highest BCUT2D eigenvalue weighted by Gasteiger charge is 2.36. The molecule has 0 bridgehead atoms. The van der Waals surface area contributed by atoms with Gasteiger partial charge in [-0.2, -0.15) is 0 Å². The zero-order chi connectivity index (χ0) is 20.9. The molecule has 2 heterocycles. The van der Waals surface area contributed by atoms with Crippen molar-refractivity contribution in [2.75, 3.05) is 0 Å². The molecule has 4 nitrogen and oxygen atoms in total. The second kappa shape index (κ2) is 9.73. The monoisotopic (exact) mass is 498 g/mol. The minimum atomic E-state index is -0.191. The lowest BCUT2D eigenvalue weighted by Gasteiger charge is -2.15. The van der Waals surface area contributed by atoms with Crippen molar-refractivity contribution in [2.45, 2.75) is 24.8 Å². The lowest BCUT2D eigenvalue weighted by Crippen LogP contribution is -2.31. The number of hydrogen-bond donors (Lipinski definition) is 0. The zero-order valence-electron chi connectivity index (χ0n) is 16.0. The number of pyridine rings is 1. The van der Waals surface area contributed by atoms with Crippen LogP contribution in [0.15, 0.2) is 77.5 Å². The molecule has 0 N–H and O–H groups in total. The highest BCUT2D eigenvalue weighted by Crippen LogP contribution is 2.31. The fourth-order valence-electron chi connectivity index (χ4n) is 3.13. The molecule has 30 heavy (non-hydrogen) atoms. The van der Waals surface area contributed by atoms with Crippen LogP contribution in [0.5, 0.6) is 5.75 Å². The Kier molecular flexibility index (Phi) is 6.82. The van der Waals surface area contributed by atoms with Crippen LogP contribution in [0.25, 0.3) is 0 Å². The second-order valence-corrected chi connectivity index (χ2v) is 9.67. The molecule has 4 rings (SSSR count). The average Bonchev–Trinajstić information content (AvgIpc) is 3.02. The summed E-state index contributed by atoms with van der Waals surface area (Å²) in [6.45, 7) is 0.985. The van der Waals surface area contributed by atoms with Gasteiger partial charge in [0, 0.05) is 16.9 Å². The maximum Gasteiger partial charge on any atom is 0.242 e. The van der Waals surface area contributed by atoms with Gasteiger partial charge in [0.1, 0.15) is 16.7 Å². The van der Waals surface area contributed by atoms with E-state index < -0.39 is 0 Å². The summed E-state index contributed by atoms with van der Waals surface area (Å²) in [5, 5.41) is -0.191. The second-order valence-electron chi connectivity index (χ2n) is 6.92. The molecule has 7 heteroatoms. The minimum absolute atomic E-state index is 0.0596. The lowest BCUT2D eigenvalue weighted by atomic mass is 10.1. The van der Waals surface area contributed by atoms with E-state index in [0.29, 0.717) is 23.9 Å². The Morgan fingerprint density at radius 2 is 1.77 bits per heavy atom. The third-order valence-electron chi connectivity index (χ3n) is 4.73. The molecule has 1 fully saturated rings. The number of carbonyl (C=O) groups is 1. The van der Waals surface area contributed by atoms with E-state index in [-0.39, 0.29) is 11.2 Å². The van der Waals surface area contributed by atoms with Gasteiger partial charge in [-0.05, 0) is 53.4 Å². The van der Waals surface area contributed by atoms with Crippen molar-refractivity contribution in [1.29, 1.82) is 0 Å².